The molecule has 1 atom stereocenters. The van der Waals surface area contributed by atoms with Crippen LogP contribution >= 0.6 is 0 Å². The topological polar surface area (TPSA) is 164 Å². The van der Waals surface area contributed by atoms with Crippen LogP contribution in [0.2, 0.25) is 0 Å². The molecule has 12 heteroatoms. The van der Waals surface area contributed by atoms with Crippen molar-refractivity contribution in [1.82, 2.24) is 4.48 Å². The number of fused-ring (bicyclic) bond motifs is 2. The number of hydrogen-bond donors (Lipinski definition) is 2. The molecule has 2 heterocycles. The van der Waals surface area contributed by atoms with Crippen molar-refractivity contribution in [1.29, 1.82) is 0 Å². The standard InChI is InChI=1S/C37H36N4O8/c1-23-29-13-11-25(20-36(44)45)18-33(29)41(4,5)32(23)9-7-6-8-10-34-37(2,3)30-17-24(19-35(42)43)12-14-31(30)38(34)22-26-15-27(39(46)47)21-28(16-26)40(48)49/h6-18,21,23H,19-20,22H2,1-5H3/p+2/b7-6+,10-8+,32-9?. The summed E-state index contributed by atoms with van der Waals surface area (Å²) in [5.41, 5.74) is 6.21. The number of hydrogen-bond acceptors (Lipinski definition) is 6. The van der Waals surface area contributed by atoms with E-state index >= 15 is 0 Å². The van der Waals surface area contributed by atoms with Crippen LogP contribution in [0.3, 0.4) is 0 Å². The van der Waals surface area contributed by atoms with E-state index in [4.69, 9.17) is 0 Å². The van der Waals surface area contributed by atoms with Gasteiger partial charge in [0.1, 0.15) is 11.4 Å². The molecule has 3 aromatic carbocycles. The zero-order valence-electron chi connectivity index (χ0n) is 27.9. The Kier molecular flexibility index (Phi) is 9.20. The van der Waals surface area contributed by atoms with E-state index < -0.39 is 27.2 Å². The number of allylic oxidation sites excluding steroid dienone is 6. The Balaban J connectivity index is 1.51. The molecule has 2 aliphatic heterocycles. The highest BCUT2D eigenvalue weighted by molar-refractivity contribution is 6.03. The van der Waals surface area contributed by atoms with Crippen LogP contribution in [-0.4, -0.2) is 56.4 Å². The summed E-state index contributed by atoms with van der Waals surface area (Å²) in [7, 11) is 4.15. The van der Waals surface area contributed by atoms with E-state index in [1.807, 2.05) is 73.1 Å². The number of non-ortho nitro benzene ring substituents is 2. The fourth-order valence-corrected chi connectivity index (χ4v) is 7.02. The molecule has 0 fully saturated rings. The van der Waals surface area contributed by atoms with Crippen molar-refractivity contribution in [2.45, 2.75) is 51.5 Å². The molecular formula is C37H38N4O8+2. The molecule has 49 heavy (non-hydrogen) atoms. The summed E-state index contributed by atoms with van der Waals surface area (Å²) in [4.78, 5) is 44.7. The monoisotopic (exact) mass is 666 g/mol. The molecule has 5 rings (SSSR count). The van der Waals surface area contributed by atoms with Crippen LogP contribution in [0.4, 0.5) is 22.7 Å². The molecule has 1 unspecified atom stereocenters. The molecule has 0 saturated carbocycles. The lowest BCUT2D eigenvalue weighted by Gasteiger charge is -2.26. The largest absolute Gasteiger partial charge is 0.481 e. The van der Waals surface area contributed by atoms with Crippen molar-refractivity contribution >= 4 is 40.4 Å². The minimum Gasteiger partial charge on any atom is -0.481 e. The van der Waals surface area contributed by atoms with Gasteiger partial charge in [0.25, 0.3) is 11.4 Å². The first-order valence-electron chi connectivity index (χ1n) is 15.7. The van der Waals surface area contributed by atoms with Crippen LogP contribution in [0.15, 0.2) is 90.7 Å². The van der Waals surface area contributed by atoms with Crippen LogP contribution in [0.5, 0.6) is 0 Å². The average Bonchev–Trinajstić information content (AvgIpc) is 3.33. The third kappa shape index (κ3) is 6.81. The number of nitro groups is 2. The Hall–Kier alpha value is -5.75. The summed E-state index contributed by atoms with van der Waals surface area (Å²) >= 11 is 0. The maximum Gasteiger partial charge on any atom is 0.307 e. The molecule has 0 radical (unpaired) electrons. The van der Waals surface area contributed by atoms with E-state index in [9.17, 15) is 40.0 Å². The van der Waals surface area contributed by atoms with E-state index in [2.05, 4.69) is 27.1 Å². The van der Waals surface area contributed by atoms with E-state index in [1.165, 1.54) is 12.1 Å². The second-order valence-electron chi connectivity index (χ2n) is 13.4. The average molecular weight is 667 g/mol. The van der Waals surface area contributed by atoms with Gasteiger partial charge in [-0.25, -0.2) is 0 Å². The number of benzene rings is 3. The van der Waals surface area contributed by atoms with Gasteiger partial charge in [0.2, 0.25) is 5.69 Å². The van der Waals surface area contributed by atoms with Crippen molar-refractivity contribution in [2.24, 2.45) is 0 Å². The zero-order valence-corrected chi connectivity index (χ0v) is 27.9. The maximum absolute atomic E-state index is 11.6. The Labute approximate surface area is 283 Å². The van der Waals surface area contributed by atoms with Gasteiger partial charge in [-0.1, -0.05) is 36.4 Å². The van der Waals surface area contributed by atoms with Crippen molar-refractivity contribution in [3.05, 3.63) is 139 Å². The minimum absolute atomic E-state index is 0.0413. The lowest BCUT2D eigenvalue weighted by atomic mass is 9.80. The number of carboxylic acids is 2. The lowest BCUT2D eigenvalue weighted by Crippen LogP contribution is -2.36. The van der Waals surface area contributed by atoms with Gasteiger partial charge in [0, 0.05) is 47.0 Å². The van der Waals surface area contributed by atoms with E-state index in [0.29, 0.717) is 15.6 Å². The lowest BCUT2D eigenvalue weighted by molar-refractivity contribution is -0.455. The van der Waals surface area contributed by atoms with Crippen molar-refractivity contribution in [2.75, 3.05) is 14.1 Å². The molecular weight excluding hydrogens is 628 g/mol. The highest BCUT2D eigenvalue weighted by atomic mass is 16.6. The van der Waals surface area contributed by atoms with Crippen molar-refractivity contribution < 1.29 is 34.2 Å². The first-order valence-corrected chi connectivity index (χ1v) is 15.7. The molecule has 2 aliphatic rings. The molecule has 0 amide bonds. The molecule has 0 spiro atoms. The molecule has 2 N–H and O–H groups in total. The van der Waals surface area contributed by atoms with Crippen LogP contribution in [-0.2, 0) is 34.4 Å². The Morgan fingerprint density at radius 3 is 2.04 bits per heavy atom. The number of quaternary nitrogens is 1. The molecule has 0 aliphatic carbocycles. The van der Waals surface area contributed by atoms with Gasteiger partial charge >= 0.3 is 11.9 Å². The summed E-state index contributed by atoms with van der Waals surface area (Å²) in [5, 5.41) is 41.9. The molecule has 12 nitrogen and oxygen atoms in total. The van der Waals surface area contributed by atoms with Gasteiger partial charge in [-0.05, 0) is 44.0 Å². The second kappa shape index (κ2) is 13.0. The van der Waals surface area contributed by atoms with Gasteiger partial charge < -0.3 is 10.2 Å². The van der Waals surface area contributed by atoms with Crippen LogP contribution < -0.4 is 4.48 Å². The normalized spacial score (nSPS) is 18.3. The predicted molar refractivity (Wildman–Crippen MR) is 185 cm³/mol. The fraction of sp³-hybridized carbons (Fsp3) is 0.270. The predicted octanol–water partition coefficient (Wildman–Crippen LogP) is 6.71. The number of nitrogens with zero attached hydrogens (tertiary/aromatic N) is 4. The minimum atomic E-state index is -0.956. The van der Waals surface area contributed by atoms with E-state index in [-0.39, 0.29) is 36.7 Å². The Morgan fingerprint density at radius 2 is 1.45 bits per heavy atom. The quantitative estimate of drug-likeness (QED) is 0.0749. The number of carboxylic acid groups (broad SMARTS) is 2. The Morgan fingerprint density at radius 1 is 0.857 bits per heavy atom. The molecule has 0 saturated heterocycles. The van der Waals surface area contributed by atoms with Crippen LogP contribution in [0.25, 0.3) is 0 Å². The van der Waals surface area contributed by atoms with Gasteiger partial charge in [-0.3, -0.25) is 34.3 Å². The third-order valence-corrected chi connectivity index (χ3v) is 9.39. The highest BCUT2D eigenvalue weighted by Gasteiger charge is 2.45. The molecule has 3 aromatic rings. The third-order valence-electron chi connectivity index (χ3n) is 9.39. The first kappa shape index (κ1) is 34.6. The SMILES string of the molecule is CC1C(=C/C=C/C=C/C2=[N+](Cc3cc([N+](=O)[O-])cc([N+](=O)[O-])c3)c3ccc(CC(=O)O)cc3C2(C)C)[N+](C)(C)c2cc(CC(=O)O)ccc21. The smallest absolute Gasteiger partial charge is 0.307 e. The van der Waals surface area contributed by atoms with Gasteiger partial charge in [0.15, 0.2) is 12.3 Å². The zero-order chi connectivity index (χ0) is 35.8. The maximum atomic E-state index is 11.6. The van der Waals surface area contributed by atoms with E-state index in [1.54, 1.807) is 6.07 Å². The summed E-state index contributed by atoms with van der Waals surface area (Å²) in [6.45, 7) is 6.25. The summed E-state index contributed by atoms with van der Waals surface area (Å²) in [5.74, 6) is -1.72. The number of rotatable bonds is 11. The number of nitro benzene ring substituents is 2. The number of aliphatic carboxylic acids is 2. The summed E-state index contributed by atoms with van der Waals surface area (Å²) < 4.78 is 2.44. The molecule has 252 valence electrons. The van der Waals surface area contributed by atoms with Crippen molar-refractivity contribution in [3.8, 4) is 0 Å². The van der Waals surface area contributed by atoms with Gasteiger partial charge in [0.05, 0.1) is 54.2 Å². The highest BCUT2D eigenvalue weighted by Crippen LogP contribution is 2.47. The summed E-state index contributed by atoms with van der Waals surface area (Å²) in [6.07, 6.45) is 9.53. The first-order chi connectivity index (χ1) is 23.0. The number of likely N-dealkylation sites (N-methyl/N-ethyl adjacent to an activating group) is 1. The van der Waals surface area contributed by atoms with Crippen LogP contribution in [0, 0.1) is 20.2 Å². The second-order valence-corrected chi connectivity index (χ2v) is 13.4. The molecule has 0 bridgehead atoms. The summed E-state index contributed by atoms with van der Waals surface area (Å²) in [6, 6.07) is 14.8. The number of carbonyl (C=O) groups is 2. The van der Waals surface area contributed by atoms with Crippen molar-refractivity contribution in [3.63, 3.8) is 0 Å². The van der Waals surface area contributed by atoms with Gasteiger partial charge in [-0.2, -0.15) is 4.58 Å². The Bertz CT molecular complexity index is 2000. The van der Waals surface area contributed by atoms with Gasteiger partial charge in [-0.15, -0.1) is 0 Å². The van der Waals surface area contributed by atoms with E-state index in [0.717, 1.165) is 45.5 Å². The fourth-order valence-electron chi connectivity index (χ4n) is 7.02. The molecule has 0 aromatic heterocycles. The van der Waals surface area contributed by atoms with Crippen LogP contribution in [0.1, 0.15) is 54.5 Å².